The molecule has 0 aliphatic carbocycles. The van der Waals surface area contributed by atoms with Crippen LogP contribution in [0.2, 0.25) is 5.02 Å². The van der Waals surface area contributed by atoms with Gasteiger partial charge in [-0.25, -0.2) is 0 Å². The topological polar surface area (TPSA) is 3.24 Å². The highest BCUT2D eigenvalue weighted by atomic mass is 35.5. The van der Waals surface area contributed by atoms with Gasteiger partial charge in [0, 0.05) is 34.3 Å². The molecule has 1 aromatic rings. The zero-order chi connectivity index (χ0) is 9.54. The molecule has 3 rings (SSSR count). The second kappa shape index (κ2) is 3.35. The Morgan fingerprint density at radius 2 is 2.07 bits per heavy atom. The van der Waals surface area contributed by atoms with Gasteiger partial charge in [-0.05, 0) is 30.7 Å². The molecule has 74 valence electrons. The van der Waals surface area contributed by atoms with E-state index in [4.69, 9.17) is 11.6 Å². The van der Waals surface area contributed by atoms with Crippen LogP contribution in [0, 0.1) is 0 Å². The minimum absolute atomic E-state index is 0.770. The van der Waals surface area contributed by atoms with Crippen LogP contribution >= 0.6 is 23.4 Å². The zero-order valence-corrected chi connectivity index (χ0v) is 9.39. The predicted octanol–water partition coefficient (Wildman–Crippen LogP) is 3.03. The molecule has 0 amide bonds. The molecule has 14 heavy (non-hydrogen) atoms. The average molecular weight is 226 g/mol. The van der Waals surface area contributed by atoms with Crippen LogP contribution in [0.5, 0.6) is 0 Å². The second-order valence-electron chi connectivity index (χ2n) is 3.97. The molecule has 2 aliphatic rings. The van der Waals surface area contributed by atoms with Gasteiger partial charge in [-0.15, -0.1) is 0 Å². The molecule has 1 nitrogen and oxygen atoms in total. The normalized spacial score (nSPS) is 29.9. The Hall–Kier alpha value is -0.340. The van der Waals surface area contributed by atoms with Crippen LogP contribution in [0.4, 0.5) is 5.69 Å². The smallest absolute Gasteiger partial charge is 0.0407 e. The first-order valence-electron chi connectivity index (χ1n) is 4.97. The summed E-state index contributed by atoms with van der Waals surface area (Å²) in [4.78, 5) is 2.53. The van der Waals surface area contributed by atoms with Crippen LogP contribution in [0.25, 0.3) is 0 Å². The van der Waals surface area contributed by atoms with Crippen molar-refractivity contribution in [3.05, 3.63) is 29.3 Å². The summed E-state index contributed by atoms with van der Waals surface area (Å²) in [6.45, 7) is 1.22. The molecular weight excluding hydrogens is 214 g/mol. The van der Waals surface area contributed by atoms with E-state index < -0.39 is 0 Å². The van der Waals surface area contributed by atoms with Crippen molar-refractivity contribution in [1.82, 2.24) is 0 Å². The Labute approximate surface area is 93.4 Å². The van der Waals surface area contributed by atoms with Gasteiger partial charge in [-0.1, -0.05) is 11.6 Å². The van der Waals surface area contributed by atoms with E-state index in [1.165, 1.54) is 24.4 Å². The van der Waals surface area contributed by atoms with E-state index in [0.717, 1.165) is 16.3 Å². The summed E-state index contributed by atoms with van der Waals surface area (Å²) in [5.41, 5.74) is 1.34. The van der Waals surface area contributed by atoms with E-state index in [1.807, 2.05) is 12.1 Å². The zero-order valence-electron chi connectivity index (χ0n) is 7.82. The number of benzene rings is 1. The average Bonchev–Trinajstić information content (AvgIpc) is 2.80. The second-order valence-corrected chi connectivity index (χ2v) is 5.74. The van der Waals surface area contributed by atoms with E-state index in [0.29, 0.717) is 0 Å². The minimum Gasteiger partial charge on any atom is -0.367 e. The van der Waals surface area contributed by atoms with Gasteiger partial charge in [0.25, 0.3) is 0 Å². The molecule has 0 radical (unpaired) electrons. The Morgan fingerprint density at radius 1 is 1.29 bits per heavy atom. The highest BCUT2D eigenvalue weighted by molar-refractivity contribution is 8.00. The number of halogens is 1. The summed E-state index contributed by atoms with van der Waals surface area (Å²) in [7, 11) is 0. The molecule has 2 unspecified atom stereocenters. The lowest BCUT2D eigenvalue weighted by atomic mass is 10.2. The van der Waals surface area contributed by atoms with Gasteiger partial charge in [-0.2, -0.15) is 11.8 Å². The predicted molar refractivity (Wildman–Crippen MR) is 63.4 cm³/mol. The van der Waals surface area contributed by atoms with Crippen molar-refractivity contribution < 1.29 is 0 Å². The van der Waals surface area contributed by atoms with Crippen molar-refractivity contribution in [2.75, 3.05) is 17.2 Å². The molecule has 1 aromatic carbocycles. The Morgan fingerprint density at radius 3 is 2.64 bits per heavy atom. The molecule has 0 aromatic heterocycles. The van der Waals surface area contributed by atoms with Gasteiger partial charge in [0.2, 0.25) is 0 Å². The van der Waals surface area contributed by atoms with Crippen molar-refractivity contribution in [2.24, 2.45) is 0 Å². The van der Waals surface area contributed by atoms with Crippen LogP contribution in [-0.2, 0) is 0 Å². The SMILES string of the molecule is Clc1ccc(N2CC3CC2CS3)cc1. The number of hydrogen-bond donors (Lipinski definition) is 0. The van der Waals surface area contributed by atoms with Crippen molar-refractivity contribution in [2.45, 2.75) is 17.7 Å². The van der Waals surface area contributed by atoms with Gasteiger partial charge in [0.1, 0.15) is 0 Å². The number of nitrogens with zero attached hydrogens (tertiary/aromatic N) is 1. The molecule has 0 saturated carbocycles. The lowest BCUT2D eigenvalue weighted by molar-refractivity contribution is 0.763. The van der Waals surface area contributed by atoms with Crippen LogP contribution in [-0.4, -0.2) is 23.6 Å². The maximum atomic E-state index is 5.87. The molecule has 2 fully saturated rings. The van der Waals surface area contributed by atoms with E-state index in [-0.39, 0.29) is 0 Å². The van der Waals surface area contributed by atoms with Crippen molar-refractivity contribution in [3.8, 4) is 0 Å². The number of hydrogen-bond acceptors (Lipinski definition) is 2. The van der Waals surface area contributed by atoms with Crippen molar-refractivity contribution in [1.29, 1.82) is 0 Å². The highest BCUT2D eigenvalue weighted by Gasteiger charge is 2.38. The first-order chi connectivity index (χ1) is 6.83. The van der Waals surface area contributed by atoms with E-state index in [2.05, 4.69) is 28.8 Å². The third-order valence-corrected chi connectivity index (χ3v) is 4.70. The molecule has 2 saturated heterocycles. The molecule has 0 spiro atoms. The van der Waals surface area contributed by atoms with Crippen LogP contribution in [0.3, 0.4) is 0 Å². The van der Waals surface area contributed by atoms with E-state index >= 15 is 0 Å². The van der Waals surface area contributed by atoms with Gasteiger partial charge in [0.15, 0.2) is 0 Å². The first kappa shape index (κ1) is 8.93. The molecule has 2 heterocycles. The van der Waals surface area contributed by atoms with Gasteiger partial charge in [-0.3, -0.25) is 0 Å². The lowest BCUT2D eigenvalue weighted by Gasteiger charge is -2.28. The number of anilines is 1. The Balaban J connectivity index is 1.86. The minimum atomic E-state index is 0.770. The van der Waals surface area contributed by atoms with Crippen molar-refractivity contribution in [3.63, 3.8) is 0 Å². The monoisotopic (exact) mass is 225 g/mol. The molecule has 2 bridgehead atoms. The quantitative estimate of drug-likeness (QED) is 0.723. The first-order valence-corrected chi connectivity index (χ1v) is 6.39. The molecule has 2 atom stereocenters. The lowest BCUT2D eigenvalue weighted by Crippen LogP contribution is -2.33. The fourth-order valence-corrected chi connectivity index (χ4v) is 3.91. The maximum absolute atomic E-state index is 5.87. The molecule has 2 aliphatic heterocycles. The van der Waals surface area contributed by atoms with Gasteiger partial charge >= 0.3 is 0 Å². The van der Waals surface area contributed by atoms with Gasteiger partial charge < -0.3 is 4.90 Å². The summed E-state index contributed by atoms with van der Waals surface area (Å²) in [6, 6.07) is 9.00. The summed E-state index contributed by atoms with van der Waals surface area (Å²) < 4.78 is 0. The summed E-state index contributed by atoms with van der Waals surface area (Å²) in [5.74, 6) is 1.30. The van der Waals surface area contributed by atoms with Crippen LogP contribution in [0.15, 0.2) is 24.3 Å². The fraction of sp³-hybridized carbons (Fsp3) is 0.455. The summed E-state index contributed by atoms with van der Waals surface area (Å²) >= 11 is 8.00. The van der Waals surface area contributed by atoms with Crippen LogP contribution in [0.1, 0.15) is 6.42 Å². The van der Waals surface area contributed by atoms with Crippen LogP contribution < -0.4 is 4.90 Å². The maximum Gasteiger partial charge on any atom is 0.0407 e. The number of thioether (sulfide) groups is 1. The van der Waals surface area contributed by atoms with E-state index in [9.17, 15) is 0 Å². The standard InChI is InChI=1S/C11H12ClNS/c12-8-1-3-9(4-2-8)13-6-11-5-10(13)7-14-11/h1-4,10-11H,5-7H2. The third kappa shape index (κ3) is 1.41. The summed E-state index contributed by atoms with van der Waals surface area (Å²) in [5, 5.41) is 1.70. The fourth-order valence-electron chi connectivity index (χ4n) is 2.35. The molecule has 0 N–H and O–H groups in total. The number of rotatable bonds is 1. The largest absolute Gasteiger partial charge is 0.367 e. The Kier molecular flexibility index (Phi) is 2.14. The summed E-state index contributed by atoms with van der Waals surface area (Å²) in [6.07, 6.45) is 1.37. The van der Waals surface area contributed by atoms with Crippen molar-refractivity contribution >= 4 is 29.1 Å². The Bertz CT molecular complexity index is 338. The third-order valence-electron chi connectivity index (χ3n) is 3.06. The van der Waals surface area contributed by atoms with Gasteiger partial charge in [0.05, 0.1) is 0 Å². The number of fused-ring (bicyclic) bond motifs is 2. The highest BCUT2D eigenvalue weighted by Crippen LogP contribution is 2.40. The molecule has 3 heteroatoms. The van der Waals surface area contributed by atoms with E-state index in [1.54, 1.807) is 0 Å². The molecular formula is C11H12ClNS.